The minimum absolute atomic E-state index is 0.0227. The van der Waals surface area contributed by atoms with Gasteiger partial charge in [-0.1, -0.05) is 6.92 Å². The van der Waals surface area contributed by atoms with Crippen molar-refractivity contribution in [2.24, 2.45) is 5.92 Å². The molecule has 3 unspecified atom stereocenters. The number of nitrogens with one attached hydrogen (secondary N) is 1. The highest BCUT2D eigenvalue weighted by Crippen LogP contribution is 2.09. The number of halogens is 2. The number of rotatable bonds is 9. The molecule has 0 bridgehead atoms. The van der Waals surface area contributed by atoms with E-state index in [-0.39, 0.29) is 30.4 Å². The van der Waals surface area contributed by atoms with E-state index in [2.05, 4.69) is 17.5 Å². The smallest absolute Gasteiger partial charge is 0.321 e. The van der Waals surface area contributed by atoms with Crippen LogP contribution in [0.1, 0.15) is 13.8 Å². The SMILES string of the molecule is CC(S)C(C)OCC(CCl)COC(=O)CNCl. The first-order valence-electron chi connectivity index (χ1n) is 5.36. The average molecular weight is 304 g/mol. The monoisotopic (exact) mass is 303 g/mol. The van der Waals surface area contributed by atoms with E-state index >= 15 is 0 Å². The molecule has 0 saturated heterocycles. The zero-order valence-electron chi connectivity index (χ0n) is 9.99. The maximum atomic E-state index is 11.0. The lowest BCUT2D eigenvalue weighted by atomic mass is 10.2. The van der Waals surface area contributed by atoms with Crippen LogP contribution in [0.25, 0.3) is 0 Å². The van der Waals surface area contributed by atoms with Gasteiger partial charge in [0, 0.05) is 17.0 Å². The van der Waals surface area contributed by atoms with Gasteiger partial charge in [-0.25, -0.2) is 4.84 Å². The number of hydrogen-bond donors (Lipinski definition) is 2. The minimum atomic E-state index is -0.411. The quantitative estimate of drug-likeness (QED) is 0.295. The zero-order chi connectivity index (χ0) is 13.3. The molecule has 17 heavy (non-hydrogen) atoms. The maximum Gasteiger partial charge on any atom is 0.321 e. The number of thiol groups is 1. The number of alkyl halides is 1. The summed E-state index contributed by atoms with van der Waals surface area (Å²) in [6.45, 7) is 4.54. The normalized spacial score (nSPS) is 16.3. The molecule has 0 saturated carbocycles. The second kappa shape index (κ2) is 10.3. The summed E-state index contributed by atoms with van der Waals surface area (Å²) in [5, 5.41) is 0.147. The molecule has 0 heterocycles. The predicted molar refractivity (Wildman–Crippen MR) is 72.9 cm³/mol. The molecule has 0 spiro atoms. The Morgan fingerprint density at radius 1 is 1.41 bits per heavy atom. The number of esters is 1. The third-order valence-corrected chi connectivity index (χ3v) is 3.17. The van der Waals surface area contributed by atoms with Gasteiger partial charge in [0.1, 0.15) is 6.54 Å². The van der Waals surface area contributed by atoms with E-state index in [1.54, 1.807) is 0 Å². The minimum Gasteiger partial charge on any atom is -0.464 e. The first kappa shape index (κ1) is 17.3. The van der Waals surface area contributed by atoms with Gasteiger partial charge in [-0.2, -0.15) is 12.6 Å². The highest BCUT2D eigenvalue weighted by atomic mass is 35.5. The Morgan fingerprint density at radius 3 is 2.53 bits per heavy atom. The van der Waals surface area contributed by atoms with E-state index in [0.29, 0.717) is 12.5 Å². The molecule has 0 aliphatic heterocycles. The highest BCUT2D eigenvalue weighted by molar-refractivity contribution is 7.81. The summed E-state index contributed by atoms with van der Waals surface area (Å²) < 4.78 is 10.5. The molecular formula is C10H19Cl2NO3S. The van der Waals surface area contributed by atoms with E-state index in [1.165, 1.54) is 0 Å². The average Bonchev–Trinajstić information content (AvgIpc) is 2.29. The van der Waals surface area contributed by atoms with Crippen molar-refractivity contribution in [1.29, 1.82) is 0 Å². The van der Waals surface area contributed by atoms with Gasteiger partial charge in [0.2, 0.25) is 0 Å². The van der Waals surface area contributed by atoms with Crippen LogP contribution in [-0.2, 0) is 14.3 Å². The molecule has 0 aromatic carbocycles. The number of carbonyl (C=O) groups excluding carboxylic acids is 1. The van der Waals surface area contributed by atoms with Gasteiger partial charge >= 0.3 is 5.97 Å². The topological polar surface area (TPSA) is 47.6 Å². The summed E-state index contributed by atoms with van der Waals surface area (Å²) in [5.41, 5.74) is 0. The van der Waals surface area contributed by atoms with Crippen molar-refractivity contribution in [3.05, 3.63) is 0 Å². The molecule has 0 aliphatic rings. The molecule has 0 fully saturated rings. The summed E-state index contributed by atoms with van der Waals surface area (Å²) in [5.74, 6) is -0.0638. The van der Waals surface area contributed by atoms with Crippen molar-refractivity contribution in [2.75, 3.05) is 25.6 Å². The van der Waals surface area contributed by atoms with E-state index < -0.39 is 5.97 Å². The van der Waals surface area contributed by atoms with Gasteiger partial charge in [0.15, 0.2) is 0 Å². The van der Waals surface area contributed by atoms with Gasteiger partial charge in [0.05, 0.1) is 19.3 Å². The predicted octanol–water partition coefficient (Wildman–Crippen LogP) is 1.85. The highest BCUT2D eigenvalue weighted by Gasteiger charge is 2.15. The Bertz CT molecular complexity index is 220. The van der Waals surface area contributed by atoms with Gasteiger partial charge in [-0.15, -0.1) is 11.6 Å². The Morgan fingerprint density at radius 2 is 2.06 bits per heavy atom. The summed E-state index contributed by atoms with van der Waals surface area (Å²) in [6, 6.07) is 0. The summed E-state index contributed by atoms with van der Waals surface area (Å²) >= 11 is 15.2. The van der Waals surface area contributed by atoms with E-state index in [9.17, 15) is 4.79 Å². The number of carbonyl (C=O) groups is 1. The van der Waals surface area contributed by atoms with Crippen LogP contribution >= 0.6 is 36.0 Å². The van der Waals surface area contributed by atoms with Crippen LogP contribution in [0, 0.1) is 5.92 Å². The Balaban J connectivity index is 3.80. The standard InChI is InChI=1S/C10H19Cl2NO3S/c1-7(8(2)17)15-5-9(3-11)6-16-10(14)4-13-12/h7-9,13,17H,3-6H2,1-2H3. The van der Waals surface area contributed by atoms with Crippen LogP contribution in [0.15, 0.2) is 0 Å². The second-order valence-electron chi connectivity index (χ2n) is 3.79. The summed E-state index contributed by atoms with van der Waals surface area (Å²) in [7, 11) is 0. The van der Waals surface area contributed by atoms with Crippen LogP contribution in [0.3, 0.4) is 0 Å². The van der Waals surface area contributed by atoms with Crippen molar-refractivity contribution in [2.45, 2.75) is 25.2 Å². The van der Waals surface area contributed by atoms with Crippen LogP contribution in [0.2, 0.25) is 0 Å². The van der Waals surface area contributed by atoms with E-state index in [1.807, 2.05) is 13.8 Å². The lowest BCUT2D eigenvalue weighted by molar-refractivity contribution is -0.144. The van der Waals surface area contributed by atoms with Crippen LogP contribution in [0.5, 0.6) is 0 Å². The Kier molecular flexibility index (Phi) is 10.5. The van der Waals surface area contributed by atoms with Crippen molar-refractivity contribution in [1.82, 2.24) is 4.84 Å². The molecule has 0 aliphatic carbocycles. The Labute approximate surface area is 118 Å². The van der Waals surface area contributed by atoms with E-state index in [4.69, 9.17) is 32.9 Å². The zero-order valence-corrected chi connectivity index (χ0v) is 12.4. The second-order valence-corrected chi connectivity index (χ2v) is 5.18. The molecule has 0 rings (SSSR count). The summed E-state index contributed by atoms with van der Waals surface area (Å²) in [4.78, 5) is 13.2. The molecule has 3 atom stereocenters. The van der Waals surface area contributed by atoms with Crippen molar-refractivity contribution >= 4 is 42.0 Å². The molecule has 1 N–H and O–H groups in total. The van der Waals surface area contributed by atoms with Crippen molar-refractivity contribution < 1.29 is 14.3 Å². The van der Waals surface area contributed by atoms with Crippen LogP contribution < -0.4 is 4.84 Å². The van der Waals surface area contributed by atoms with Crippen LogP contribution in [-0.4, -0.2) is 43.0 Å². The first-order valence-corrected chi connectivity index (χ1v) is 6.78. The molecule has 102 valence electrons. The fourth-order valence-electron chi connectivity index (χ4n) is 0.881. The molecule has 0 aromatic heterocycles. The van der Waals surface area contributed by atoms with Gasteiger partial charge < -0.3 is 9.47 Å². The Hall–Kier alpha value is 0.320. The summed E-state index contributed by atoms with van der Waals surface area (Å²) in [6.07, 6.45) is 0.0317. The third-order valence-electron chi connectivity index (χ3n) is 2.18. The third kappa shape index (κ3) is 8.97. The first-order chi connectivity index (χ1) is 8.01. The molecular weight excluding hydrogens is 285 g/mol. The van der Waals surface area contributed by atoms with Crippen molar-refractivity contribution in [3.63, 3.8) is 0 Å². The van der Waals surface area contributed by atoms with Gasteiger partial charge in [0.25, 0.3) is 0 Å². The molecule has 0 aromatic rings. The fraction of sp³-hybridized carbons (Fsp3) is 0.900. The molecule has 0 radical (unpaired) electrons. The largest absolute Gasteiger partial charge is 0.464 e. The molecule has 0 amide bonds. The fourth-order valence-corrected chi connectivity index (χ4v) is 1.25. The lowest BCUT2D eigenvalue weighted by Crippen LogP contribution is -2.27. The maximum absolute atomic E-state index is 11.0. The van der Waals surface area contributed by atoms with Crippen molar-refractivity contribution in [3.8, 4) is 0 Å². The number of ether oxygens (including phenoxy) is 2. The van der Waals surface area contributed by atoms with Crippen LogP contribution in [0.4, 0.5) is 0 Å². The van der Waals surface area contributed by atoms with E-state index in [0.717, 1.165) is 0 Å². The molecule has 7 heteroatoms. The lowest BCUT2D eigenvalue weighted by Gasteiger charge is -2.20. The molecule has 4 nitrogen and oxygen atoms in total. The van der Waals surface area contributed by atoms with Gasteiger partial charge in [-0.05, 0) is 18.7 Å². The number of hydrogen-bond acceptors (Lipinski definition) is 5. The van der Waals surface area contributed by atoms with Gasteiger partial charge in [-0.3, -0.25) is 4.79 Å².